The van der Waals surface area contributed by atoms with Crippen molar-refractivity contribution >= 4 is 29.3 Å². The molecule has 1 fully saturated rings. The molecular weight excluding hydrogens is 417 g/mol. The number of halogens is 3. The highest BCUT2D eigenvalue weighted by atomic mass is 32.2. The van der Waals surface area contributed by atoms with Crippen molar-refractivity contribution in [2.24, 2.45) is 0 Å². The molecule has 1 N–H and O–H groups in total. The summed E-state index contributed by atoms with van der Waals surface area (Å²) in [4.78, 5) is 27.9. The van der Waals surface area contributed by atoms with Crippen molar-refractivity contribution in [1.82, 2.24) is 4.90 Å². The van der Waals surface area contributed by atoms with Crippen LogP contribution >= 0.6 is 11.8 Å². The van der Waals surface area contributed by atoms with Crippen LogP contribution in [-0.4, -0.2) is 34.2 Å². The number of nitrogens with zero attached hydrogens (tertiary/aromatic N) is 1. The Morgan fingerprint density at radius 3 is 2.53 bits per heavy atom. The molecule has 2 amide bonds. The van der Waals surface area contributed by atoms with Gasteiger partial charge in [0.2, 0.25) is 5.91 Å². The molecular formula is C21H25F3N2O3S. The van der Waals surface area contributed by atoms with Gasteiger partial charge in [-0.1, -0.05) is 18.9 Å². The number of hydrogen-bond donors (Lipinski definition) is 1. The van der Waals surface area contributed by atoms with Crippen LogP contribution in [0, 0.1) is 0 Å². The first-order valence-electron chi connectivity index (χ1n) is 9.81. The van der Waals surface area contributed by atoms with E-state index in [9.17, 15) is 22.8 Å². The average molecular weight is 443 g/mol. The molecule has 3 rings (SSSR count). The van der Waals surface area contributed by atoms with Gasteiger partial charge in [0, 0.05) is 10.9 Å². The Bertz CT molecular complexity index is 861. The van der Waals surface area contributed by atoms with E-state index < -0.39 is 23.2 Å². The van der Waals surface area contributed by atoms with Crippen LogP contribution in [0.5, 0.6) is 0 Å². The lowest BCUT2D eigenvalue weighted by Crippen LogP contribution is -2.57. The van der Waals surface area contributed by atoms with E-state index in [1.54, 1.807) is 20.8 Å². The average Bonchev–Trinajstić information content (AvgIpc) is 3.17. The van der Waals surface area contributed by atoms with E-state index in [2.05, 4.69) is 5.32 Å². The highest BCUT2D eigenvalue weighted by molar-refractivity contribution is 8.04. The second kappa shape index (κ2) is 8.53. The van der Waals surface area contributed by atoms with Gasteiger partial charge in [0.1, 0.15) is 16.2 Å². The van der Waals surface area contributed by atoms with Crippen molar-refractivity contribution in [3.8, 4) is 0 Å². The first-order valence-corrected chi connectivity index (χ1v) is 10.7. The first kappa shape index (κ1) is 22.5. The summed E-state index contributed by atoms with van der Waals surface area (Å²) < 4.78 is 44.5. The number of nitrogens with one attached hydrogen (secondary N) is 1. The lowest BCUT2D eigenvalue weighted by molar-refractivity contribution is -0.148. The summed E-state index contributed by atoms with van der Waals surface area (Å²) in [6.07, 6.45) is -0.175. The van der Waals surface area contributed by atoms with Crippen LogP contribution in [-0.2, 0) is 20.5 Å². The molecule has 0 aromatic heterocycles. The van der Waals surface area contributed by atoms with Crippen LogP contribution in [0.25, 0.3) is 0 Å². The van der Waals surface area contributed by atoms with Crippen LogP contribution < -0.4 is 5.32 Å². The fourth-order valence-electron chi connectivity index (χ4n) is 3.46. The molecule has 0 unspecified atom stereocenters. The van der Waals surface area contributed by atoms with Crippen molar-refractivity contribution < 1.29 is 27.5 Å². The first-order chi connectivity index (χ1) is 14.0. The van der Waals surface area contributed by atoms with Gasteiger partial charge < -0.3 is 10.1 Å². The number of hydrogen-bond acceptors (Lipinski definition) is 4. The lowest BCUT2D eigenvalue weighted by atomic mass is 10.0. The number of amides is 2. The molecule has 5 nitrogen and oxygen atoms in total. The van der Waals surface area contributed by atoms with Gasteiger partial charge in [0.25, 0.3) is 5.91 Å². The standard InChI is InChI=1S/C21H25F3N2O3S/c1-13-17(30-16-9-4-5-10-16)18(27)26(12-29-13)20(2,3)19(28)25-15-8-6-7-14(11-15)21(22,23)24/h6-8,11,16H,4-5,9-10,12H2,1-3H3,(H,25,28). The molecule has 0 saturated heterocycles. The molecule has 2 aliphatic rings. The second-order valence-corrected chi connectivity index (χ2v) is 9.32. The second-order valence-electron chi connectivity index (χ2n) is 8.01. The number of ether oxygens (including phenoxy) is 1. The quantitative estimate of drug-likeness (QED) is 0.686. The minimum atomic E-state index is -4.51. The van der Waals surface area contributed by atoms with Crippen LogP contribution in [0.15, 0.2) is 34.9 Å². The molecule has 9 heteroatoms. The molecule has 1 heterocycles. The number of anilines is 1. The van der Waals surface area contributed by atoms with Crippen LogP contribution in [0.1, 0.15) is 52.0 Å². The summed E-state index contributed by atoms with van der Waals surface area (Å²) in [6.45, 7) is 4.75. The summed E-state index contributed by atoms with van der Waals surface area (Å²) in [6, 6.07) is 4.41. The van der Waals surface area contributed by atoms with Gasteiger partial charge in [0.05, 0.1) is 5.56 Å². The third kappa shape index (κ3) is 4.77. The van der Waals surface area contributed by atoms with E-state index in [0.29, 0.717) is 15.9 Å². The maximum atomic E-state index is 13.2. The van der Waals surface area contributed by atoms with E-state index in [0.717, 1.165) is 37.8 Å². The van der Waals surface area contributed by atoms with Crippen molar-refractivity contribution in [3.63, 3.8) is 0 Å². The monoisotopic (exact) mass is 442 g/mol. The van der Waals surface area contributed by atoms with E-state index in [1.165, 1.54) is 28.8 Å². The van der Waals surface area contributed by atoms with E-state index in [4.69, 9.17) is 4.74 Å². The van der Waals surface area contributed by atoms with Gasteiger partial charge in [-0.15, -0.1) is 11.8 Å². The van der Waals surface area contributed by atoms with Crippen molar-refractivity contribution in [2.45, 2.75) is 63.4 Å². The topological polar surface area (TPSA) is 58.6 Å². The summed E-state index contributed by atoms with van der Waals surface area (Å²) in [5, 5.41) is 2.85. The third-order valence-corrected chi connectivity index (χ3v) is 6.94. The summed E-state index contributed by atoms with van der Waals surface area (Å²) >= 11 is 1.49. The van der Waals surface area contributed by atoms with E-state index in [1.807, 2.05) is 0 Å². The fourth-order valence-corrected chi connectivity index (χ4v) is 4.80. The summed E-state index contributed by atoms with van der Waals surface area (Å²) in [5.41, 5.74) is -2.17. The Kier molecular flexibility index (Phi) is 6.40. The predicted molar refractivity (Wildman–Crippen MR) is 109 cm³/mol. The van der Waals surface area contributed by atoms with Crippen LogP contribution in [0.4, 0.5) is 18.9 Å². The zero-order valence-electron chi connectivity index (χ0n) is 17.1. The smallest absolute Gasteiger partial charge is 0.416 e. The zero-order chi connectivity index (χ0) is 22.1. The molecule has 0 spiro atoms. The minimum absolute atomic E-state index is 0.0144. The highest BCUT2D eigenvalue weighted by Gasteiger charge is 2.43. The number of rotatable bonds is 5. The Balaban J connectivity index is 1.75. The molecule has 1 aromatic rings. The molecule has 1 aromatic carbocycles. The lowest BCUT2D eigenvalue weighted by Gasteiger charge is -2.40. The molecule has 1 saturated carbocycles. The number of thioether (sulfide) groups is 1. The Morgan fingerprint density at radius 2 is 1.90 bits per heavy atom. The molecule has 1 aliphatic carbocycles. The summed E-state index contributed by atoms with van der Waals surface area (Å²) in [7, 11) is 0. The maximum absolute atomic E-state index is 13.2. The van der Waals surface area contributed by atoms with Gasteiger partial charge in [-0.05, 0) is 51.8 Å². The van der Waals surface area contributed by atoms with Gasteiger partial charge in [0.15, 0.2) is 6.73 Å². The molecule has 164 valence electrons. The normalized spacial score (nSPS) is 18.6. The number of carbonyl (C=O) groups excluding carboxylic acids is 2. The molecule has 0 atom stereocenters. The fraction of sp³-hybridized carbons (Fsp3) is 0.524. The molecule has 0 radical (unpaired) electrons. The van der Waals surface area contributed by atoms with Crippen molar-refractivity contribution in [1.29, 1.82) is 0 Å². The predicted octanol–water partition coefficient (Wildman–Crippen LogP) is 5.15. The van der Waals surface area contributed by atoms with E-state index in [-0.39, 0.29) is 18.3 Å². The van der Waals surface area contributed by atoms with Crippen molar-refractivity contribution in [3.05, 3.63) is 40.5 Å². The Labute approximate surface area is 178 Å². The summed E-state index contributed by atoms with van der Waals surface area (Å²) in [5.74, 6) is -0.342. The molecule has 0 bridgehead atoms. The third-order valence-electron chi connectivity index (χ3n) is 5.43. The number of alkyl halides is 3. The molecule has 30 heavy (non-hydrogen) atoms. The zero-order valence-corrected chi connectivity index (χ0v) is 18.0. The van der Waals surface area contributed by atoms with Gasteiger partial charge in [-0.3, -0.25) is 14.5 Å². The number of allylic oxidation sites excluding steroid dienone is 1. The highest BCUT2D eigenvalue weighted by Crippen LogP contribution is 2.39. The van der Waals surface area contributed by atoms with Gasteiger partial charge in [-0.2, -0.15) is 13.2 Å². The number of benzene rings is 1. The largest absolute Gasteiger partial charge is 0.476 e. The Hall–Kier alpha value is -2.16. The van der Waals surface area contributed by atoms with Crippen molar-refractivity contribution in [2.75, 3.05) is 12.0 Å². The maximum Gasteiger partial charge on any atom is 0.416 e. The minimum Gasteiger partial charge on any atom is -0.476 e. The Morgan fingerprint density at radius 1 is 1.23 bits per heavy atom. The van der Waals surface area contributed by atoms with Gasteiger partial charge in [-0.25, -0.2) is 0 Å². The van der Waals surface area contributed by atoms with Gasteiger partial charge >= 0.3 is 6.18 Å². The molecule has 1 aliphatic heterocycles. The van der Waals surface area contributed by atoms with Crippen LogP contribution in [0.2, 0.25) is 0 Å². The SMILES string of the molecule is CC1=C(SC2CCCC2)C(=O)N(C(C)(C)C(=O)Nc2cccc(C(F)(F)F)c2)CO1. The van der Waals surface area contributed by atoms with Crippen LogP contribution in [0.3, 0.4) is 0 Å². The van der Waals surface area contributed by atoms with E-state index >= 15 is 0 Å². The number of carbonyl (C=O) groups is 2.